The number of amides is 2. The van der Waals surface area contributed by atoms with Crippen LogP contribution < -0.4 is 21.1 Å². The highest BCUT2D eigenvalue weighted by molar-refractivity contribution is 7.22. The largest absolute Gasteiger partial charge is 0.356 e. The van der Waals surface area contributed by atoms with Crippen LogP contribution in [-0.2, 0) is 16.1 Å². The molecule has 3 aromatic rings. The molecule has 2 N–H and O–H groups in total. The van der Waals surface area contributed by atoms with Crippen molar-refractivity contribution in [1.82, 2.24) is 19.9 Å². The highest BCUT2D eigenvalue weighted by Crippen LogP contribution is 2.29. The first kappa shape index (κ1) is 23.9. The lowest BCUT2D eigenvalue weighted by molar-refractivity contribution is -0.125. The molecule has 0 spiro atoms. The van der Waals surface area contributed by atoms with Crippen LogP contribution >= 0.6 is 11.3 Å². The van der Waals surface area contributed by atoms with E-state index in [9.17, 15) is 14.4 Å². The highest BCUT2D eigenvalue weighted by Gasteiger charge is 2.27. The Morgan fingerprint density at radius 1 is 1.29 bits per heavy atom. The van der Waals surface area contributed by atoms with E-state index in [1.165, 1.54) is 22.2 Å². The predicted molar refractivity (Wildman–Crippen MR) is 134 cm³/mol. The Morgan fingerprint density at radius 2 is 2.12 bits per heavy atom. The summed E-state index contributed by atoms with van der Waals surface area (Å²) in [6.07, 6.45) is 3.09. The van der Waals surface area contributed by atoms with Gasteiger partial charge in [-0.25, -0.2) is 4.98 Å². The number of rotatable bonds is 7. The zero-order chi connectivity index (χ0) is 24.2. The van der Waals surface area contributed by atoms with Gasteiger partial charge in [0.15, 0.2) is 10.8 Å². The summed E-state index contributed by atoms with van der Waals surface area (Å²) >= 11 is 1.26. The van der Waals surface area contributed by atoms with Gasteiger partial charge in [-0.15, -0.1) is 0 Å². The van der Waals surface area contributed by atoms with Crippen LogP contribution in [0, 0.1) is 5.92 Å². The third-order valence-electron chi connectivity index (χ3n) is 5.94. The van der Waals surface area contributed by atoms with Gasteiger partial charge in [0.25, 0.3) is 5.56 Å². The first-order chi connectivity index (χ1) is 16.4. The Kier molecular flexibility index (Phi) is 7.26. The lowest BCUT2D eigenvalue weighted by Crippen LogP contribution is -2.43. The number of nitrogens with zero attached hydrogens (tertiary/aromatic N) is 4. The highest BCUT2D eigenvalue weighted by atomic mass is 32.1. The summed E-state index contributed by atoms with van der Waals surface area (Å²) in [4.78, 5) is 48.8. The van der Waals surface area contributed by atoms with Crippen molar-refractivity contribution >= 4 is 44.3 Å². The van der Waals surface area contributed by atoms with E-state index in [2.05, 4.69) is 34.4 Å². The molecule has 0 aliphatic carbocycles. The lowest BCUT2D eigenvalue weighted by Gasteiger charge is -2.31. The molecule has 2 aromatic heterocycles. The van der Waals surface area contributed by atoms with Crippen LogP contribution in [0.15, 0.2) is 35.4 Å². The minimum absolute atomic E-state index is 0.0544. The SMILES string of the molecule is CCNC(=O)[C@H]1CCCN(c2nc3ncn(CC(=O)Nc4cccc(C(C)C)c4)c(=O)c3s2)C1. The number of thiazole rings is 1. The van der Waals surface area contributed by atoms with Crippen LogP contribution in [0.4, 0.5) is 10.8 Å². The molecule has 1 saturated heterocycles. The Morgan fingerprint density at radius 3 is 2.88 bits per heavy atom. The van der Waals surface area contributed by atoms with Gasteiger partial charge in [-0.3, -0.25) is 19.0 Å². The molecule has 9 nitrogen and oxygen atoms in total. The molecule has 180 valence electrons. The van der Waals surface area contributed by atoms with Gasteiger partial charge in [-0.2, -0.15) is 4.98 Å². The Bertz CT molecular complexity index is 1250. The molecule has 1 fully saturated rings. The van der Waals surface area contributed by atoms with Gasteiger partial charge in [0, 0.05) is 25.3 Å². The second-order valence-electron chi connectivity index (χ2n) is 8.83. The predicted octanol–water partition coefficient (Wildman–Crippen LogP) is 2.97. The zero-order valence-electron chi connectivity index (χ0n) is 19.7. The molecular weight excluding hydrogens is 452 g/mol. The summed E-state index contributed by atoms with van der Waals surface area (Å²) in [6, 6.07) is 7.69. The van der Waals surface area contributed by atoms with Crippen molar-refractivity contribution in [2.75, 3.05) is 29.9 Å². The molecule has 1 aliphatic heterocycles. The van der Waals surface area contributed by atoms with E-state index < -0.39 is 0 Å². The number of carbonyl (C=O) groups is 2. The summed E-state index contributed by atoms with van der Waals surface area (Å²) in [7, 11) is 0. The Labute approximate surface area is 202 Å². The minimum atomic E-state index is -0.297. The summed E-state index contributed by atoms with van der Waals surface area (Å²) < 4.78 is 1.71. The van der Waals surface area contributed by atoms with Crippen molar-refractivity contribution in [2.24, 2.45) is 5.92 Å². The van der Waals surface area contributed by atoms with E-state index in [-0.39, 0.29) is 29.8 Å². The Balaban J connectivity index is 1.49. The van der Waals surface area contributed by atoms with E-state index >= 15 is 0 Å². The van der Waals surface area contributed by atoms with E-state index in [4.69, 9.17) is 0 Å². The van der Waals surface area contributed by atoms with Gasteiger partial charge in [-0.1, -0.05) is 37.3 Å². The molecule has 10 heteroatoms. The number of aromatic nitrogens is 3. The number of hydrogen-bond acceptors (Lipinski definition) is 7. The summed E-state index contributed by atoms with van der Waals surface area (Å²) in [5, 5.41) is 6.43. The van der Waals surface area contributed by atoms with Gasteiger partial charge in [-0.05, 0) is 43.4 Å². The number of anilines is 2. The average molecular weight is 483 g/mol. The topological polar surface area (TPSA) is 109 Å². The molecule has 0 saturated carbocycles. The second kappa shape index (κ2) is 10.3. The molecule has 2 amide bonds. The fraction of sp³-hybridized carbons (Fsp3) is 0.458. The molecule has 1 atom stereocenters. The molecule has 3 heterocycles. The van der Waals surface area contributed by atoms with Crippen molar-refractivity contribution in [3.63, 3.8) is 0 Å². The molecule has 34 heavy (non-hydrogen) atoms. The molecule has 1 aromatic carbocycles. The summed E-state index contributed by atoms with van der Waals surface area (Å²) in [6.45, 7) is 7.91. The summed E-state index contributed by atoms with van der Waals surface area (Å²) in [5.74, 6) is 0.0134. The molecule has 4 rings (SSSR count). The standard InChI is InChI=1S/C24H30N6O3S/c1-4-25-22(32)17-8-6-10-29(12-17)24-28-21-20(34-24)23(33)30(14-26-21)13-19(31)27-18-9-5-7-16(11-18)15(2)3/h5,7,9,11,14-15,17H,4,6,8,10,12-13H2,1-3H3,(H,25,32)(H,27,31)/t17-/m0/s1. The molecule has 0 unspecified atom stereocenters. The van der Waals surface area contributed by atoms with Crippen molar-refractivity contribution in [1.29, 1.82) is 0 Å². The van der Waals surface area contributed by atoms with Gasteiger partial charge in [0.05, 0.1) is 5.92 Å². The zero-order valence-corrected chi connectivity index (χ0v) is 20.5. The minimum Gasteiger partial charge on any atom is -0.356 e. The van der Waals surface area contributed by atoms with Gasteiger partial charge < -0.3 is 15.5 Å². The fourth-order valence-electron chi connectivity index (χ4n) is 4.10. The van der Waals surface area contributed by atoms with E-state index in [0.29, 0.717) is 40.2 Å². The second-order valence-corrected chi connectivity index (χ2v) is 9.81. The molecule has 0 bridgehead atoms. The lowest BCUT2D eigenvalue weighted by atomic mass is 9.97. The van der Waals surface area contributed by atoms with Crippen LogP contribution in [0.1, 0.15) is 45.1 Å². The van der Waals surface area contributed by atoms with E-state index in [0.717, 1.165) is 24.9 Å². The molecular formula is C24H30N6O3S. The van der Waals surface area contributed by atoms with Crippen LogP contribution in [0.3, 0.4) is 0 Å². The van der Waals surface area contributed by atoms with Gasteiger partial charge >= 0.3 is 0 Å². The number of carbonyl (C=O) groups excluding carboxylic acids is 2. The van der Waals surface area contributed by atoms with Crippen LogP contribution in [0.5, 0.6) is 0 Å². The molecule has 0 radical (unpaired) electrons. The van der Waals surface area contributed by atoms with Crippen LogP contribution in [0.25, 0.3) is 10.3 Å². The normalized spacial score (nSPS) is 16.1. The Hall–Kier alpha value is -3.27. The third-order valence-corrected chi connectivity index (χ3v) is 7.03. The van der Waals surface area contributed by atoms with Crippen molar-refractivity contribution in [2.45, 2.75) is 46.1 Å². The van der Waals surface area contributed by atoms with E-state index in [1.54, 1.807) is 0 Å². The third kappa shape index (κ3) is 5.27. The molecule has 1 aliphatic rings. The maximum absolute atomic E-state index is 13.0. The average Bonchev–Trinajstić information content (AvgIpc) is 3.27. The van der Waals surface area contributed by atoms with Gasteiger partial charge in [0.2, 0.25) is 11.8 Å². The van der Waals surface area contributed by atoms with Crippen molar-refractivity contribution < 1.29 is 9.59 Å². The smallest absolute Gasteiger partial charge is 0.273 e. The number of hydrogen-bond donors (Lipinski definition) is 2. The number of fused-ring (bicyclic) bond motifs is 1. The fourth-order valence-corrected chi connectivity index (χ4v) is 5.10. The first-order valence-corrected chi connectivity index (χ1v) is 12.5. The number of benzene rings is 1. The number of nitrogens with one attached hydrogen (secondary N) is 2. The maximum atomic E-state index is 13.0. The maximum Gasteiger partial charge on any atom is 0.273 e. The van der Waals surface area contributed by atoms with E-state index in [1.807, 2.05) is 36.1 Å². The monoisotopic (exact) mass is 482 g/mol. The quantitative estimate of drug-likeness (QED) is 0.536. The van der Waals surface area contributed by atoms with Crippen LogP contribution in [-0.4, -0.2) is 46.0 Å². The van der Waals surface area contributed by atoms with Crippen molar-refractivity contribution in [3.8, 4) is 0 Å². The summed E-state index contributed by atoms with van der Waals surface area (Å²) in [5.41, 5.74) is 1.90. The van der Waals surface area contributed by atoms with Crippen LogP contribution in [0.2, 0.25) is 0 Å². The number of piperidine rings is 1. The van der Waals surface area contributed by atoms with Crippen molar-refractivity contribution in [3.05, 3.63) is 46.5 Å². The first-order valence-electron chi connectivity index (χ1n) is 11.6. The van der Waals surface area contributed by atoms with Gasteiger partial charge in [0.1, 0.15) is 17.6 Å².